The first-order chi connectivity index (χ1) is 9.97. The van der Waals surface area contributed by atoms with Crippen LogP contribution < -0.4 is 5.73 Å². The number of fused-ring (bicyclic) bond motifs is 1. The van der Waals surface area contributed by atoms with Gasteiger partial charge in [0.1, 0.15) is 18.2 Å². The molecule has 2 aromatic heterocycles. The lowest BCUT2D eigenvalue weighted by atomic mass is 10.2. The maximum atomic E-state index is 10.6. The molecule has 0 unspecified atom stereocenters. The molecule has 0 aliphatic carbocycles. The van der Waals surface area contributed by atoms with E-state index in [1.165, 1.54) is 6.33 Å². The Morgan fingerprint density at radius 2 is 2.05 bits per heavy atom. The van der Waals surface area contributed by atoms with Gasteiger partial charge in [0, 0.05) is 13.2 Å². The van der Waals surface area contributed by atoms with Gasteiger partial charge in [-0.1, -0.05) is 0 Å². The van der Waals surface area contributed by atoms with Crippen LogP contribution in [0.4, 0.5) is 5.82 Å². The van der Waals surface area contributed by atoms with Crippen molar-refractivity contribution in [2.75, 3.05) is 18.7 Å². The van der Waals surface area contributed by atoms with E-state index in [-0.39, 0.29) is 0 Å². The van der Waals surface area contributed by atoms with Crippen LogP contribution in [0.25, 0.3) is 11.2 Å². The number of rotatable bonds is 8. The van der Waals surface area contributed by atoms with Crippen molar-refractivity contribution in [2.24, 2.45) is 0 Å². The van der Waals surface area contributed by atoms with Crippen molar-refractivity contribution in [3.8, 4) is 0 Å². The van der Waals surface area contributed by atoms with Gasteiger partial charge in [0.25, 0.3) is 0 Å². The van der Waals surface area contributed by atoms with Gasteiger partial charge in [-0.3, -0.25) is 4.57 Å². The van der Waals surface area contributed by atoms with Crippen LogP contribution in [0, 0.1) is 0 Å². The fourth-order valence-electron chi connectivity index (χ4n) is 1.91. The number of hydrogen-bond donors (Lipinski definition) is 3. The summed E-state index contributed by atoms with van der Waals surface area (Å²) in [6, 6.07) is 0. The summed E-state index contributed by atoms with van der Waals surface area (Å²) in [7, 11) is -4.05. The molecule has 0 aromatic carbocycles. The lowest BCUT2D eigenvalue weighted by molar-refractivity contribution is 0.152. The van der Waals surface area contributed by atoms with Crippen LogP contribution in [-0.4, -0.2) is 42.3 Å². The van der Waals surface area contributed by atoms with Gasteiger partial charge in [-0.2, -0.15) is 0 Å². The Bertz CT molecular complexity index is 641. The minimum absolute atomic E-state index is 0.338. The second-order valence-electron chi connectivity index (χ2n) is 4.63. The molecule has 0 aliphatic heterocycles. The Hall–Kier alpha value is -1.54. The van der Waals surface area contributed by atoms with E-state index < -0.39 is 13.9 Å². The Kier molecular flexibility index (Phi) is 5.24. The third kappa shape index (κ3) is 4.75. The van der Waals surface area contributed by atoms with Crippen LogP contribution in [0.15, 0.2) is 12.7 Å². The van der Waals surface area contributed by atoms with Crippen molar-refractivity contribution >= 4 is 24.6 Å². The molecule has 21 heavy (non-hydrogen) atoms. The van der Waals surface area contributed by atoms with E-state index in [1.807, 2.05) is 4.57 Å². The molecular formula is C11H18N5O4P. The molecule has 0 spiro atoms. The Morgan fingerprint density at radius 1 is 1.24 bits per heavy atom. The first kappa shape index (κ1) is 15.8. The van der Waals surface area contributed by atoms with Crippen LogP contribution in [0.5, 0.6) is 0 Å². The minimum Gasteiger partial charge on any atom is -0.382 e. The molecule has 0 atom stereocenters. The summed E-state index contributed by atoms with van der Waals surface area (Å²) in [6.07, 6.45) is 5.07. The molecular weight excluding hydrogens is 297 g/mol. The summed E-state index contributed by atoms with van der Waals surface area (Å²) in [4.78, 5) is 29.5. The van der Waals surface area contributed by atoms with Gasteiger partial charge in [-0.15, -0.1) is 0 Å². The van der Waals surface area contributed by atoms with E-state index in [4.69, 9.17) is 20.3 Å². The molecule has 0 radical (unpaired) electrons. The van der Waals surface area contributed by atoms with E-state index >= 15 is 0 Å². The molecule has 2 aromatic rings. The maximum absolute atomic E-state index is 10.6. The highest BCUT2D eigenvalue weighted by Gasteiger charge is 2.12. The molecule has 116 valence electrons. The predicted molar refractivity (Wildman–Crippen MR) is 76.4 cm³/mol. The van der Waals surface area contributed by atoms with Crippen LogP contribution in [0.3, 0.4) is 0 Å². The number of ether oxygens (including phenoxy) is 1. The number of nitrogen functional groups attached to an aromatic ring is 1. The zero-order chi connectivity index (χ0) is 15.3. The normalized spacial score (nSPS) is 12.1. The third-order valence-electron chi connectivity index (χ3n) is 2.88. The van der Waals surface area contributed by atoms with E-state index in [0.29, 0.717) is 23.6 Å². The Morgan fingerprint density at radius 3 is 2.81 bits per heavy atom. The fourth-order valence-corrected chi connectivity index (χ4v) is 2.28. The van der Waals surface area contributed by atoms with Crippen molar-refractivity contribution < 1.29 is 19.1 Å². The molecule has 2 rings (SSSR count). The molecule has 4 N–H and O–H groups in total. The summed E-state index contributed by atoms with van der Waals surface area (Å²) < 4.78 is 17.4. The topological polar surface area (TPSA) is 136 Å². The standard InChI is InChI=1S/C11H18N5O4P/c12-10-9-11(14-6-13-10)16(7-15-9)4-2-1-3-5-20-8-21(17,18)19/h6-7H,1-5,8H2,(H2,12,13,14)(H2,17,18,19). The molecule has 0 saturated carbocycles. The number of aromatic nitrogens is 4. The molecule has 10 heteroatoms. The summed E-state index contributed by atoms with van der Waals surface area (Å²) in [5.74, 6) is 0.365. The largest absolute Gasteiger partial charge is 0.382 e. The molecule has 0 bridgehead atoms. The molecule has 0 saturated heterocycles. The second kappa shape index (κ2) is 6.95. The molecule has 9 nitrogen and oxygen atoms in total. The van der Waals surface area contributed by atoms with Crippen molar-refractivity contribution in [3.05, 3.63) is 12.7 Å². The molecule has 0 aliphatic rings. The Balaban J connectivity index is 1.71. The average Bonchev–Trinajstić information content (AvgIpc) is 2.81. The van der Waals surface area contributed by atoms with Gasteiger partial charge in [-0.25, -0.2) is 15.0 Å². The van der Waals surface area contributed by atoms with Gasteiger partial charge in [-0.05, 0) is 19.3 Å². The van der Waals surface area contributed by atoms with Crippen molar-refractivity contribution in [3.63, 3.8) is 0 Å². The smallest absolute Gasteiger partial charge is 0.350 e. The van der Waals surface area contributed by atoms with Crippen LogP contribution in [0.1, 0.15) is 19.3 Å². The first-order valence-corrected chi connectivity index (χ1v) is 8.31. The monoisotopic (exact) mass is 315 g/mol. The van der Waals surface area contributed by atoms with E-state index in [2.05, 4.69) is 15.0 Å². The van der Waals surface area contributed by atoms with E-state index in [0.717, 1.165) is 25.8 Å². The molecule has 0 amide bonds. The predicted octanol–water partition coefficient (Wildman–Crippen LogP) is 0.731. The number of imidazole rings is 1. The van der Waals surface area contributed by atoms with Gasteiger partial charge in [0.05, 0.1) is 6.33 Å². The minimum atomic E-state index is -4.05. The molecule has 0 fully saturated rings. The zero-order valence-corrected chi connectivity index (χ0v) is 12.3. The average molecular weight is 315 g/mol. The highest BCUT2D eigenvalue weighted by Crippen LogP contribution is 2.33. The zero-order valence-electron chi connectivity index (χ0n) is 11.4. The second-order valence-corrected chi connectivity index (χ2v) is 6.22. The Labute approximate surface area is 121 Å². The van der Waals surface area contributed by atoms with Gasteiger partial charge in [0.2, 0.25) is 0 Å². The van der Waals surface area contributed by atoms with Gasteiger partial charge in [0.15, 0.2) is 11.5 Å². The first-order valence-electron chi connectivity index (χ1n) is 6.51. The highest BCUT2D eigenvalue weighted by atomic mass is 31.2. The van der Waals surface area contributed by atoms with Crippen LogP contribution in [0.2, 0.25) is 0 Å². The summed E-state index contributed by atoms with van der Waals surface area (Å²) in [5, 5.41) is 0. The summed E-state index contributed by atoms with van der Waals surface area (Å²) in [6.45, 7) is 1.08. The quantitative estimate of drug-likeness (QED) is 0.479. The van der Waals surface area contributed by atoms with Gasteiger partial charge < -0.3 is 24.8 Å². The third-order valence-corrected chi connectivity index (χ3v) is 3.40. The lowest BCUT2D eigenvalue weighted by Crippen LogP contribution is -2.01. The van der Waals surface area contributed by atoms with E-state index in [9.17, 15) is 4.57 Å². The number of aryl methyl sites for hydroxylation is 1. The number of anilines is 1. The van der Waals surface area contributed by atoms with Crippen LogP contribution in [-0.2, 0) is 15.8 Å². The SMILES string of the molecule is Nc1ncnc2c1ncn2CCCCCOCP(=O)(O)O. The molecule has 2 heterocycles. The van der Waals surface area contributed by atoms with Crippen molar-refractivity contribution in [2.45, 2.75) is 25.8 Å². The maximum Gasteiger partial charge on any atom is 0.350 e. The van der Waals surface area contributed by atoms with Gasteiger partial charge >= 0.3 is 7.60 Å². The van der Waals surface area contributed by atoms with Crippen molar-refractivity contribution in [1.82, 2.24) is 19.5 Å². The highest BCUT2D eigenvalue weighted by molar-refractivity contribution is 7.51. The van der Waals surface area contributed by atoms with Crippen molar-refractivity contribution in [1.29, 1.82) is 0 Å². The summed E-state index contributed by atoms with van der Waals surface area (Å²) in [5.41, 5.74) is 7.02. The van der Waals surface area contributed by atoms with E-state index in [1.54, 1.807) is 6.33 Å². The summed E-state index contributed by atoms with van der Waals surface area (Å²) >= 11 is 0. The van der Waals surface area contributed by atoms with Crippen LogP contribution >= 0.6 is 7.60 Å². The fraction of sp³-hybridized carbons (Fsp3) is 0.545. The number of nitrogens with two attached hydrogens (primary N) is 1. The lowest BCUT2D eigenvalue weighted by Gasteiger charge is -2.06. The number of hydrogen-bond acceptors (Lipinski definition) is 6. The number of unbranched alkanes of at least 4 members (excludes halogenated alkanes) is 2. The number of nitrogens with zero attached hydrogens (tertiary/aromatic N) is 4.